The summed E-state index contributed by atoms with van der Waals surface area (Å²) < 4.78 is 5.91. The number of aromatic hydroxyl groups is 1. The van der Waals surface area contributed by atoms with Gasteiger partial charge in [0.15, 0.2) is 0 Å². The van der Waals surface area contributed by atoms with Crippen LogP contribution in [0.3, 0.4) is 0 Å². The first-order chi connectivity index (χ1) is 15.9. The largest absolute Gasteiger partial charge is 0.507 e. The van der Waals surface area contributed by atoms with Crippen molar-refractivity contribution in [2.24, 2.45) is 5.92 Å². The summed E-state index contributed by atoms with van der Waals surface area (Å²) in [5.41, 5.74) is 5.20. The van der Waals surface area contributed by atoms with Crippen LogP contribution in [0.1, 0.15) is 54.5 Å². The fourth-order valence-electron chi connectivity index (χ4n) is 4.39. The third kappa shape index (κ3) is 5.28. The van der Waals surface area contributed by atoms with Crippen molar-refractivity contribution < 1.29 is 19.7 Å². The van der Waals surface area contributed by atoms with Crippen LogP contribution in [0, 0.1) is 12.8 Å². The maximum atomic E-state index is 11.0. The van der Waals surface area contributed by atoms with Crippen LogP contribution in [0.5, 0.6) is 11.8 Å². The average molecular weight is 447 g/mol. The molecule has 172 valence electrons. The average Bonchev–Trinajstić information content (AvgIpc) is 2.84. The van der Waals surface area contributed by atoms with Crippen LogP contribution in [0.25, 0.3) is 5.57 Å². The molecule has 1 heterocycles. The van der Waals surface area contributed by atoms with E-state index in [9.17, 15) is 9.90 Å². The number of phenols is 1. The number of hydrogen-bond acceptors (Lipinski definition) is 4. The Labute approximate surface area is 194 Å². The van der Waals surface area contributed by atoms with Crippen LogP contribution in [-0.4, -0.2) is 32.3 Å². The SMILES string of the molecule is CCc1cc(C)[nH]c(OC2CC(C(=O)O)C2)nccc1C1C=CC(c2ccccc2O)=CC1. The number of rotatable bonds is 6. The van der Waals surface area contributed by atoms with E-state index in [0.29, 0.717) is 18.9 Å². The molecule has 0 radical (unpaired) electrons. The molecule has 6 nitrogen and oxygen atoms in total. The summed E-state index contributed by atoms with van der Waals surface area (Å²) in [6.07, 6.45) is 10.8. The lowest BCUT2D eigenvalue weighted by molar-refractivity contribution is -0.148. The minimum Gasteiger partial charge on any atom is -0.507 e. The minimum atomic E-state index is -0.767. The Kier molecular flexibility index (Phi) is 6.82. The van der Waals surface area contributed by atoms with E-state index in [1.807, 2.05) is 31.2 Å². The molecule has 1 fully saturated rings. The van der Waals surface area contributed by atoms with Crippen LogP contribution < -0.4 is 4.74 Å². The summed E-state index contributed by atoms with van der Waals surface area (Å²) in [6.45, 7) is 4.12. The number of nitrogens with zero attached hydrogens (tertiary/aromatic N) is 1. The number of H-pyrrole nitrogens is 1. The van der Waals surface area contributed by atoms with Gasteiger partial charge in [-0.3, -0.25) is 4.79 Å². The second-order valence-electron chi connectivity index (χ2n) is 8.66. The summed E-state index contributed by atoms with van der Waals surface area (Å²) in [5, 5.41) is 19.2. The maximum Gasteiger partial charge on any atom is 0.306 e. The molecule has 0 spiro atoms. The zero-order valence-electron chi connectivity index (χ0n) is 19.0. The standard InChI is InChI=1S/C27H30N2O4/c1-3-18-14-17(2)29-27(33-22-15-21(16-22)26(31)32)28-13-12-23(18)19-8-10-20(11-9-19)24-6-4-5-7-25(24)30/h4-8,10-14,19,21-22,30H,3,9,15-16H2,1-2H3,(H,28,29)(H,31,32). The summed E-state index contributed by atoms with van der Waals surface area (Å²) in [4.78, 5) is 18.7. The van der Waals surface area contributed by atoms with Crippen molar-refractivity contribution >= 4 is 11.5 Å². The Balaban J connectivity index is 1.57. The van der Waals surface area contributed by atoms with Gasteiger partial charge in [-0.1, -0.05) is 43.4 Å². The fourth-order valence-corrected chi connectivity index (χ4v) is 4.39. The number of benzene rings is 1. The number of phenolic OH excluding ortho intramolecular Hbond substituents is 1. The number of carboxylic acid groups (broad SMARTS) is 1. The molecule has 4 rings (SSSR count). The van der Waals surface area contributed by atoms with E-state index < -0.39 is 5.97 Å². The predicted molar refractivity (Wildman–Crippen MR) is 128 cm³/mol. The van der Waals surface area contributed by atoms with E-state index >= 15 is 0 Å². The number of aryl methyl sites for hydroxylation is 2. The number of hydrogen-bond donors (Lipinski definition) is 3. The number of ether oxygens (including phenoxy) is 1. The van der Waals surface area contributed by atoms with Crippen LogP contribution in [0.4, 0.5) is 0 Å². The molecule has 0 saturated heterocycles. The van der Waals surface area contributed by atoms with Gasteiger partial charge < -0.3 is 19.9 Å². The third-order valence-electron chi connectivity index (χ3n) is 6.33. The van der Waals surface area contributed by atoms with Crippen molar-refractivity contribution in [2.45, 2.75) is 51.6 Å². The molecule has 1 aromatic carbocycles. The van der Waals surface area contributed by atoms with Gasteiger partial charge in [0.2, 0.25) is 0 Å². The van der Waals surface area contributed by atoms with Gasteiger partial charge in [-0.25, -0.2) is 4.98 Å². The molecule has 2 aliphatic carbocycles. The van der Waals surface area contributed by atoms with E-state index in [1.165, 1.54) is 11.1 Å². The topological polar surface area (TPSA) is 95.4 Å². The van der Waals surface area contributed by atoms with Crippen LogP contribution in [-0.2, 0) is 11.2 Å². The van der Waals surface area contributed by atoms with Crippen molar-refractivity contribution in [1.82, 2.24) is 9.97 Å². The molecule has 6 heteroatoms. The molecule has 2 aromatic rings. The van der Waals surface area contributed by atoms with Crippen LogP contribution in [0.2, 0.25) is 0 Å². The molecule has 1 unspecified atom stereocenters. The number of aromatic amines is 1. The lowest BCUT2D eigenvalue weighted by atomic mass is 9.82. The van der Waals surface area contributed by atoms with E-state index in [0.717, 1.165) is 29.7 Å². The molecule has 0 aliphatic heterocycles. The molecule has 1 saturated carbocycles. The van der Waals surface area contributed by atoms with Gasteiger partial charge in [-0.2, -0.15) is 0 Å². The Bertz CT molecular complexity index is 1140. The van der Waals surface area contributed by atoms with Gasteiger partial charge in [0, 0.05) is 23.4 Å². The first kappa shape index (κ1) is 22.6. The summed E-state index contributed by atoms with van der Waals surface area (Å²) >= 11 is 0. The number of carboxylic acids is 1. The van der Waals surface area contributed by atoms with Crippen molar-refractivity contribution in [2.75, 3.05) is 0 Å². The number of carbonyl (C=O) groups is 1. The Morgan fingerprint density at radius 2 is 2.03 bits per heavy atom. The number of aromatic nitrogens is 2. The van der Waals surface area contributed by atoms with Crippen molar-refractivity contribution in [3.63, 3.8) is 0 Å². The zero-order chi connectivity index (χ0) is 23.4. The first-order valence-corrected chi connectivity index (χ1v) is 11.4. The molecule has 0 bridgehead atoms. The Morgan fingerprint density at radius 1 is 1.24 bits per heavy atom. The quantitative estimate of drug-likeness (QED) is 0.546. The molecule has 1 aromatic heterocycles. The Morgan fingerprint density at radius 3 is 2.70 bits per heavy atom. The van der Waals surface area contributed by atoms with Gasteiger partial charge in [0.25, 0.3) is 6.01 Å². The third-order valence-corrected chi connectivity index (χ3v) is 6.33. The normalized spacial score (nSPS) is 21.5. The summed E-state index contributed by atoms with van der Waals surface area (Å²) in [7, 11) is 0. The molecule has 33 heavy (non-hydrogen) atoms. The highest BCUT2D eigenvalue weighted by Gasteiger charge is 2.36. The van der Waals surface area contributed by atoms with Gasteiger partial charge >= 0.3 is 5.97 Å². The molecule has 0 amide bonds. The number of para-hydroxylation sites is 1. The van der Waals surface area contributed by atoms with Gasteiger partial charge in [0.1, 0.15) is 11.9 Å². The van der Waals surface area contributed by atoms with Crippen molar-refractivity contribution in [1.29, 1.82) is 0 Å². The van der Waals surface area contributed by atoms with E-state index in [-0.39, 0.29) is 23.7 Å². The second-order valence-corrected chi connectivity index (χ2v) is 8.66. The fraction of sp³-hybridized carbons (Fsp3) is 0.333. The highest BCUT2D eigenvalue weighted by atomic mass is 16.5. The van der Waals surface area contributed by atoms with Crippen LogP contribution in [0.15, 0.2) is 60.8 Å². The van der Waals surface area contributed by atoms with E-state index in [2.05, 4.69) is 41.2 Å². The van der Waals surface area contributed by atoms with E-state index in [4.69, 9.17) is 9.84 Å². The number of nitrogens with one attached hydrogen (secondary N) is 1. The lowest BCUT2D eigenvalue weighted by Crippen LogP contribution is -2.38. The summed E-state index contributed by atoms with van der Waals surface area (Å²) in [6, 6.07) is 11.9. The number of allylic oxidation sites excluding steroid dienone is 4. The monoisotopic (exact) mass is 446 g/mol. The van der Waals surface area contributed by atoms with Gasteiger partial charge in [0.05, 0.1) is 5.92 Å². The van der Waals surface area contributed by atoms with Gasteiger partial charge in [-0.05, 0) is 67.5 Å². The Hall–Kier alpha value is -3.54. The second kappa shape index (κ2) is 9.94. The predicted octanol–water partition coefficient (Wildman–Crippen LogP) is 5.48. The van der Waals surface area contributed by atoms with Crippen molar-refractivity contribution in [3.8, 4) is 11.8 Å². The van der Waals surface area contributed by atoms with Gasteiger partial charge in [-0.15, -0.1) is 0 Å². The molecule has 3 N–H and O–H groups in total. The smallest absolute Gasteiger partial charge is 0.306 e. The van der Waals surface area contributed by atoms with Crippen LogP contribution >= 0.6 is 0 Å². The van der Waals surface area contributed by atoms with Crippen molar-refractivity contribution in [3.05, 3.63) is 83.2 Å². The highest BCUT2D eigenvalue weighted by Crippen LogP contribution is 2.35. The molecule has 1 atom stereocenters. The first-order valence-electron chi connectivity index (χ1n) is 11.4. The molecule has 2 aliphatic rings. The van der Waals surface area contributed by atoms with E-state index in [1.54, 1.807) is 12.3 Å². The zero-order valence-corrected chi connectivity index (χ0v) is 19.0. The highest BCUT2D eigenvalue weighted by molar-refractivity contribution is 5.78. The minimum absolute atomic E-state index is 0.128. The lowest BCUT2D eigenvalue weighted by Gasteiger charge is -2.31. The summed E-state index contributed by atoms with van der Waals surface area (Å²) in [5.74, 6) is -0.601. The number of aliphatic carboxylic acids is 1. The molecular weight excluding hydrogens is 416 g/mol. The molecular formula is C27H30N2O4. The maximum absolute atomic E-state index is 11.0.